The highest BCUT2D eigenvalue weighted by atomic mass is 16.4. The zero-order valence-corrected chi connectivity index (χ0v) is 10.4. The summed E-state index contributed by atoms with van der Waals surface area (Å²) in [6.07, 6.45) is 1.68. The van der Waals surface area contributed by atoms with Gasteiger partial charge in [-0.25, -0.2) is 9.78 Å². The Morgan fingerprint density at radius 2 is 2.21 bits per heavy atom. The van der Waals surface area contributed by atoms with Crippen LogP contribution in [0.4, 0.5) is 0 Å². The van der Waals surface area contributed by atoms with E-state index in [1.807, 2.05) is 14.0 Å². The van der Waals surface area contributed by atoms with Crippen LogP contribution < -0.4 is 0 Å². The number of aromatic carboxylic acids is 1. The molecule has 0 fully saturated rings. The predicted molar refractivity (Wildman–Crippen MR) is 67.9 cm³/mol. The second-order valence-electron chi connectivity index (χ2n) is 4.27. The standard InChI is InChI=1S/C13H11N3O3/c1-7-9(6-14-16(7)2)12-15-10-4-3-8(13(17)18)5-11(10)19-12/h3-6H,1-2H3,(H,17,18). The average molecular weight is 257 g/mol. The van der Waals surface area contributed by atoms with Gasteiger partial charge < -0.3 is 9.52 Å². The molecule has 0 spiro atoms. The van der Waals surface area contributed by atoms with Crippen molar-refractivity contribution < 1.29 is 14.3 Å². The Balaban J connectivity index is 2.16. The maximum absolute atomic E-state index is 10.9. The molecule has 19 heavy (non-hydrogen) atoms. The van der Waals surface area contributed by atoms with Crippen LogP contribution in [0.1, 0.15) is 16.1 Å². The van der Waals surface area contributed by atoms with Gasteiger partial charge in [0.1, 0.15) is 5.52 Å². The molecule has 0 aliphatic heterocycles. The number of rotatable bonds is 2. The van der Waals surface area contributed by atoms with Crippen molar-refractivity contribution in [2.24, 2.45) is 7.05 Å². The van der Waals surface area contributed by atoms with Crippen LogP contribution in [0.25, 0.3) is 22.6 Å². The highest BCUT2D eigenvalue weighted by molar-refractivity contribution is 5.92. The summed E-state index contributed by atoms with van der Waals surface area (Å²) in [6.45, 7) is 1.92. The number of hydrogen-bond acceptors (Lipinski definition) is 4. The first-order valence-electron chi connectivity index (χ1n) is 5.69. The maximum atomic E-state index is 10.9. The van der Waals surface area contributed by atoms with Crippen molar-refractivity contribution in [3.8, 4) is 11.5 Å². The van der Waals surface area contributed by atoms with E-state index in [1.54, 1.807) is 16.9 Å². The summed E-state index contributed by atoms with van der Waals surface area (Å²) in [5.41, 5.74) is 3.00. The monoisotopic (exact) mass is 257 g/mol. The highest BCUT2D eigenvalue weighted by Gasteiger charge is 2.14. The fourth-order valence-electron chi connectivity index (χ4n) is 1.88. The number of aromatic nitrogens is 3. The average Bonchev–Trinajstić information content (AvgIpc) is 2.93. The molecule has 0 saturated carbocycles. The topological polar surface area (TPSA) is 81.2 Å². The number of carbonyl (C=O) groups is 1. The number of aryl methyl sites for hydroxylation is 1. The summed E-state index contributed by atoms with van der Waals surface area (Å²) in [5.74, 6) is -0.541. The molecular formula is C13H11N3O3. The van der Waals surface area contributed by atoms with Gasteiger partial charge in [-0.15, -0.1) is 0 Å². The molecule has 1 N–H and O–H groups in total. The molecule has 0 unspecified atom stereocenters. The minimum Gasteiger partial charge on any atom is -0.478 e. The first-order chi connectivity index (χ1) is 9.06. The van der Waals surface area contributed by atoms with Crippen molar-refractivity contribution in [1.82, 2.24) is 14.8 Å². The molecule has 2 aromatic heterocycles. The van der Waals surface area contributed by atoms with Crippen LogP contribution in [0.2, 0.25) is 0 Å². The lowest BCUT2D eigenvalue weighted by molar-refractivity contribution is 0.0697. The molecule has 6 heteroatoms. The molecular weight excluding hydrogens is 246 g/mol. The Bertz CT molecular complexity index is 786. The minimum atomic E-state index is -0.989. The Kier molecular flexibility index (Phi) is 2.38. The van der Waals surface area contributed by atoms with E-state index >= 15 is 0 Å². The number of carboxylic acids is 1. The van der Waals surface area contributed by atoms with Gasteiger partial charge in [0.25, 0.3) is 0 Å². The van der Waals surface area contributed by atoms with Crippen LogP contribution in [0, 0.1) is 6.92 Å². The molecule has 0 bridgehead atoms. The number of hydrogen-bond donors (Lipinski definition) is 1. The highest BCUT2D eigenvalue weighted by Crippen LogP contribution is 2.26. The third-order valence-corrected chi connectivity index (χ3v) is 3.10. The van der Waals surface area contributed by atoms with Crippen LogP contribution in [-0.2, 0) is 7.05 Å². The van der Waals surface area contributed by atoms with E-state index in [0.717, 1.165) is 11.3 Å². The lowest BCUT2D eigenvalue weighted by Crippen LogP contribution is -1.94. The number of oxazole rings is 1. The molecule has 0 aliphatic carbocycles. The van der Waals surface area contributed by atoms with Crippen molar-refractivity contribution >= 4 is 17.1 Å². The van der Waals surface area contributed by atoms with Crippen LogP contribution in [0.15, 0.2) is 28.8 Å². The van der Waals surface area contributed by atoms with E-state index in [1.165, 1.54) is 12.1 Å². The van der Waals surface area contributed by atoms with Gasteiger partial charge in [-0.05, 0) is 25.1 Å². The Morgan fingerprint density at radius 3 is 2.84 bits per heavy atom. The lowest BCUT2D eigenvalue weighted by Gasteiger charge is -1.94. The second kappa shape index (κ2) is 3.94. The third-order valence-electron chi connectivity index (χ3n) is 3.10. The smallest absolute Gasteiger partial charge is 0.335 e. The zero-order valence-electron chi connectivity index (χ0n) is 10.4. The van der Waals surface area contributed by atoms with Gasteiger partial charge in [0.15, 0.2) is 5.58 Å². The fraction of sp³-hybridized carbons (Fsp3) is 0.154. The molecule has 1 aromatic carbocycles. The predicted octanol–water partition coefficient (Wildman–Crippen LogP) is 2.23. The van der Waals surface area contributed by atoms with Gasteiger partial charge in [-0.2, -0.15) is 5.10 Å². The van der Waals surface area contributed by atoms with E-state index in [0.29, 0.717) is 17.0 Å². The first kappa shape index (κ1) is 11.5. The third kappa shape index (κ3) is 1.77. The van der Waals surface area contributed by atoms with Gasteiger partial charge >= 0.3 is 5.97 Å². The van der Waals surface area contributed by atoms with Crippen molar-refractivity contribution in [1.29, 1.82) is 0 Å². The number of nitrogens with zero attached hydrogens (tertiary/aromatic N) is 3. The van der Waals surface area contributed by atoms with Gasteiger partial charge in [0.05, 0.1) is 17.3 Å². The maximum Gasteiger partial charge on any atom is 0.335 e. The summed E-state index contributed by atoms with van der Waals surface area (Å²) in [5, 5.41) is 13.1. The molecule has 0 atom stereocenters. The van der Waals surface area contributed by atoms with Crippen molar-refractivity contribution in [3.63, 3.8) is 0 Å². The Morgan fingerprint density at radius 1 is 1.42 bits per heavy atom. The quantitative estimate of drug-likeness (QED) is 0.761. The van der Waals surface area contributed by atoms with Crippen LogP contribution in [0.3, 0.4) is 0 Å². The fourth-order valence-corrected chi connectivity index (χ4v) is 1.88. The normalized spacial score (nSPS) is 11.1. The minimum absolute atomic E-state index is 0.179. The summed E-state index contributed by atoms with van der Waals surface area (Å²) in [4.78, 5) is 15.2. The van der Waals surface area contributed by atoms with E-state index in [4.69, 9.17) is 9.52 Å². The second-order valence-corrected chi connectivity index (χ2v) is 4.27. The zero-order chi connectivity index (χ0) is 13.6. The van der Waals surface area contributed by atoms with Crippen LogP contribution >= 0.6 is 0 Å². The lowest BCUT2D eigenvalue weighted by atomic mass is 10.2. The molecule has 0 amide bonds. The largest absolute Gasteiger partial charge is 0.478 e. The molecule has 3 rings (SSSR count). The van der Waals surface area contributed by atoms with Crippen molar-refractivity contribution in [3.05, 3.63) is 35.7 Å². The first-order valence-corrected chi connectivity index (χ1v) is 5.69. The summed E-state index contributed by atoms with van der Waals surface area (Å²) in [7, 11) is 1.84. The molecule has 3 aromatic rings. The van der Waals surface area contributed by atoms with Gasteiger partial charge in [0.2, 0.25) is 5.89 Å². The van der Waals surface area contributed by atoms with Crippen LogP contribution in [0.5, 0.6) is 0 Å². The van der Waals surface area contributed by atoms with Gasteiger partial charge in [0, 0.05) is 12.7 Å². The molecule has 0 aliphatic rings. The number of benzene rings is 1. The Labute approximate surface area is 108 Å². The summed E-state index contributed by atoms with van der Waals surface area (Å²) < 4.78 is 7.34. The molecule has 96 valence electrons. The number of fused-ring (bicyclic) bond motifs is 1. The van der Waals surface area contributed by atoms with Crippen molar-refractivity contribution in [2.45, 2.75) is 6.92 Å². The van der Waals surface area contributed by atoms with Gasteiger partial charge in [-0.1, -0.05) is 0 Å². The van der Waals surface area contributed by atoms with E-state index in [2.05, 4.69) is 10.1 Å². The summed E-state index contributed by atoms with van der Waals surface area (Å²) >= 11 is 0. The molecule has 0 saturated heterocycles. The van der Waals surface area contributed by atoms with E-state index < -0.39 is 5.97 Å². The van der Waals surface area contributed by atoms with Crippen LogP contribution in [-0.4, -0.2) is 25.8 Å². The molecule has 0 radical (unpaired) electrons. The van der Waals surface area contributed by atoms with E-state index in [9.17, 15) is 4.79 Å². The van der Waals surface area contributed by atoms with E-state index in [-0.39, 0.29) is 5.56 Å². The molecule has 2 heterocycles. The molecule has 6 nitrogen and oxygen atoms in total. The van der Waals surface area contributed by atoms with Gasteiger partial charge in [-0.3, -0.25) is 4.68 Å². The van der Waals surface area contributed by atoms with Crippen molar-refractivity contribution in [2.75, 3.05) is 0 Å². The Hall–Kier alpha value is -2.63. The SMILES string of the molecule is Cc1c(-c2nc3ccc(C(=O)O)cc3o2)cnn1C. The summed E-state index contributed by atoms with van der Waals surface area (Å²) in [6, 6.07) is 4.62. The number of carboxylic acid groups (broad SMARTS) is 1.